The molecule has 1 saturated carbocycles. The lowest BCUT2D eigenvalue weighted by Crippen LogP contribution is -2.71. The number of fused-ring (bicyclic) bond motifs is 1. The van der Waals surface area contributed by atoms with Crippen LogP contribution in [0.1, 0.15) is 31.4 Å². The number of rotatable bonds is 9. The average Bonchev–Trinajstić information content (AvgIpc) is 3.64. The molecule has 12 nitrogen and oxygen atoms in total. The Morgan fingerprint density at radius 1 is 1.19 bits per heavy atom. The second-order valence-electron chi connectivity index (χ2n) is 9.59. The van der Waals surface area contributed by atoms with Crippen LogP contribution in [0.25, 0.3) is 0 Å². The minimum atomic E-state index is -5.14. The van der Waals surface area contributed by atoms with Gasteiger partial charge in [-0.25, -0.2) is 9.55 Å². The van der Waals surface area contributed by atoms with E-state index in [1.807, 2.05) is 6.07 Å². The zero-order chi connectivity index (χ0) is 30.0. The van der Waals surface area contributed by atoms with Gasteiger partial charge in [0.25, 0.3) is 11.8 Å². The first-order valence-corrected chi connectivity index (χ1v) is 14.7. The van der Waals surface area contributed by atoms with E-state index in [-0.39, 0.29) is 29.8 Å². The van der Waals surface area contributed by atoms with E-state index in [2.05, 4.69) is 15.5 Å². The van der Waals surface area contributed by atoms with Gasteiger partial charge in [-0.15, -0.1) is 23.1 Å². The van der Waals surface area contributed by atoms with E-state index >= 15 is 0 Å². The Balaban J connectivity index is 1.34. The maximum atomic E-state index is 13.3. The number of nitrogens with zero attached hydrogens (tertiary/aromatic N) is 4. The number of pyridine rings is 1. The third kappa shape index (κ3) is 6.25. The minimum absolute atomic E-state index is 0.176. The molecule has 2 aliphatic heterocycles. The van der Waals surface area contributed by atoms with E-state index in [0.717, 1.165) is 17.7 Å². The van der Waals surface area contributed by atoms with Gasteiger partial charge in [0.05, 0.1) is 11.7 Å². The van der Waals surface area contributed by atoms with E-state index in [0.29, 0.717) is 29.8 Å². The van der Waals surface area contributed by atoms with Gasteiger partial charge in [0.1, 0.15) is 23.2 Å². The van der Waals surface area contributed by atoms with Crippen LogP contribution in [0.3, 0.4) is 0 Å². The Labute approximate surface area is 244 Å². The van der Waals surface area contributed by atoms with Gasteiger partial charge in [0.2, 0.25) is 0 Å². The van der Waals surface area contributed by atoms with Crippen molar-refractivity contribution in [2.24, 2.45) is 5.16 Å². The molecule has 4 heterocycles. The number of thiazole rings is 1. The van der Waals surface area contributed by atoms with Gasteiger partial charge in [-0.2, -0.15) is 13.2 Å². The largest absolute Gasteiger partial charge is 0.543 e. The maximum Gasteiger partial charge on any atom is 0.471 e. The number of hydrogen-bond acceptors (Lipinski definition) is 10. The van der Waals surface area contributed by atoms with Crippen LogP contribution in [0.4, 0.5) is 18.3 Å². The molecule has 1 saturated heterocycles. The molecule has 2 N–H and O–H groups in total. The van der Waals surface area contributed by atoms with Gasteiger partial charge >= 0.3 is 12.1 Å². The first kappa shape index (κ1) is 29.5. The molecule has 2 fully saturated rings. The Bertz CT molecular complexity index is 1460. The molecule has 42 heavy (non-hydrogen) atoms. The van der Waals surface area contributed by atoms with E-state index in [4.69, 9.17) is 4.84 Å². The van der Waals surface area contributed by atoms with Gasteiger partial charge in [-0.3, -0.25) is 24.6 Å². The number of β-lactam (4-membered cyclic amide) rings is 1. The highest BCUT2D eigenvalue weighted by Gasteiger charge is 2.53. The minimum Gasteiger partial charge on any atom is -0.543 e. The lowest BCUT2D eigenvalue weighted by atomic mass is 10.0. The van der Waals surface area contributed by atoms with Crippen molar-refractivity contribution in [2.45, 2.75) is 55.9 Å². The van der Waals surface area contributed by atoms with E-state index in [1.54, 1.807) is 34.4 Å². The van der Waals surface area contributed by atoms with E-state index in [9.17, 15) is 37.5 Å². The van der Waals surface area contributed by atoms with Crippen LogP contribution in [-0.4, -0.2) is 68.7 Å². The van der Waals surface area contributed by atoms with Gasteiger partial charge in [0, 0.05) is 28.8 Å². The van der Waals surface area contributed by atoms with Crippen molar-refractivity contribution in [2.75, 3.05) is 11.1 Å². The number of carbonyl (C=O) groups excluding carboxylic acids is 4. The SMILES string of the molecule is O=C([O-])C1=C(C[n+]2ccccc2)CS[C@@H]2C(NC(=O)C(=NOC3CCCC3)c3csc(NC(=O)C(F)(F)F)n3)C(=O)N12. The summed E-state index contributed by atoms with van der Waals surface area (Å²) in [5.74, 6) is -5.08. The first-order valence-electron chi connectivity index (χ1n) is 12.7. The van der Waals surface area contributed by atoms with Crippen LogP contribution in [0.5, 0.6) is 0 Å². The Kier molecular flexibility index (Phi) is 8.49. The number of halogens is 3. The lowest BCUT2D eigenvalue weighted by Gasteiger charge is -2.50. The molecule has 2 aromatic heterocycles. The summed E-state index contributed by atoms with van der Waals surface area (Å²) in [4.78, 5) is 60.3. The van der Waals surface area contributed by atoms with Crippen LogP contribution in [0, 0.1) is 0 Å². The highest BCUT2D eigenvalue weighted by atomic mass is 32.2. The number of carboxylic acids is 1. The van der Waals surface area contributed by atoms with Crippen LogP contribution < -0.4 is 20.3 Å². The quantitative estimate of drug-likeness (QED) is 0.179. The molecule has 0 bridgehead atoms. The van der Waals surface area contributed by atoms with Crippen LogP contribution in [0.15, 0.2) is 52.4 Å². The van der Waals surface area contributed by atoms with Crippen molar-refractivity contribution in [3.05, 3.63) is 52.9 Å². The van der Waals surface area contributed by atoms with Crippen LogP contribution in [-0.2, 0) is 30.6 Å². The number of anilines is 1. The monoisotopic (exact) mass is 624 g/mol. The normalized spacial score (nSPS) is 21.1. The summed E-state index contributed by atoms with van der Waals surface area (Å²) in [7, 11) is 0. The fraction of sp³-hybridized carbons (Fsp3) is 0.400. The molecule has 2 aromatic rings. The van der Waals surface area contributed by atoms with Gasteiger partial charge in [-0.05, 0) is 25.7 Å². The van der Waals surface area contributed by atoms with Crippen LogP contribution >= 0.6 is 23.1 Å². The van der Waals surface area contributed by atoms with Crippen molar-refractivity contribution >= 4 is 57.6 Å². The Hall–Kier alpha value is -3.99. The van der Waals surface area contributed by atoms with Gasteiger partial charge in [-0.1, -0.05) is 11.2 Å². The number of oxime groups is 1. The molecule has 0 spiro atoms. The number of thioether (sulfide) groups is 1. The summed E-state index contributed by atoms with van der Waals surface area (Å²) < 4.78 is 39.8. The van der Waals surface area contributed by atoms with Crippen LogP contribution in [0.2, 0.25) is 0 Å². The summed E-state index contributed by atoms with van der Waals surface area (Å²) in [6.45, 7) is 0.219. The topological polar surface area (TPSA) is 157 Å². The summed E-state index contributed by atoms with van der Waals surface area (Å²) >= 11 is 1.90. The molecule has 2 atom stereocenters. The van der Waals surface area contributed by atoms with E-state index < -0.39 is 52.1 Å². The Morgan fingerprint density at radius 3 is 2.57 bits per heavy atom. The summed E-state index contributed by atoms with van der Waals surface area (Å²) in [5.41, 5.74) is -0.373. The molecule has 222 valence electrons. The lowest BCUT2D eigenvalue weighted by molar-refractivity contribution is -0.689. The molecule has 3 amide bonds. The molecule has 3 aliphatic rings. The smallest absolute Gasteiger partial charge is 0.471 e. The number of amides is 3. The summed E-state index contributed by atoms with van der Waals surface area (Å²) in [6.07, 6.45) is 1.28. The standard InChI is InChI=1S/C25H23F3N6O6S2/c26-25(27,28)23(39)31-24-29-15(12-42-24)16(32-40-14-6-2-3-7-14)19(35)30-17-20(36)34-18(22(37)38)13(11-41-21(17)34)10-33-8-4-1-5-9-33/h1,4-5,8-9,12,14,17,21H,2-3,6-7,10-11H2,(H2-,29,30,31,35,37,38,39)/t17?,21-/m1/s1. The molecular formula is C25H23F3N6O6S2. The van der Waals surface area contributed by atoms with Gasteiger partial charge in [0.15, 0.2) is 29.8 Å². The third-order valence-corrected chi connectivity index (χ3v) is 8.81. The molecule has 0 radical (unpaired) electrons. The summed E-state index contributed by atoms with van der Waals surface area (Å²) in [6, 6.07) is 4.25. The zero-order valence-corrected chi connectivity index (χ0v) is 23.3. The number of carboxylic acid groups (broad SMARTS) is 1. The van der Waals surface area contributed by atoms with Crippen molar-refractivity contribution in [3.63, 3.8) is 0 Å². The van der Waals surface area contributed by atoms with Crippen molar-refractivity contribution in [3.8, 4) is 0 Å². The molecule has 0 aromatic carbocycles. The molecule has 17 heteroatoms. The van der Waals surface area contributed by atoms with E-state index in [1.165, 1.54) is 17.1 Å². The second-order valence-corrected chi connectivity index (χ2v) is 11.6. The van der Waals surface area contributed by atoms with Crippen molar-refractivity contribution < 1.29 is 46.9 Å². The van der Waals surface area contributed by atoms with Crippen molar-refractivity contribution in [1.82, 2.24) is 15.2 Å². The summed E-state index contributed by atoms with van der Waals surface area (Å²) in [5, 5.41) is 20.2. The number of alkyl halides is 3. The number of aliphatic carboxylic acids is 1. The second kappa shape index (κ2) is 12.1. The van der Waals surface area contributed by atoms with Crippen molar-refractivity contribution in [1.29, 1.82) is 0 Å². The predicted molar refractivity (Wildman–Crippen MR) is 140 cm³/mol. The highest BCUT2D eigenvalue weighted by molar-refractivity contribution is 8.00. The molecule has 5 rings (SSSR count). The molecule has 1 unspecified atom stereocenters. The number of carbonyl (C=O) groups is 4. The highest BCUT2D eigenvalue weighted by Crippen LogP contribution is 2.40. The predicted octanol–water partition coefficient (Wildman–Crippen LogP) is 0.699. The number of hydrogen-bond donors (Lipinski definition) is 2. The molecular weight excluding hydrogens is 601 g/mol. The average molecular weight is 625 g/mol. The maximum absolute atomic E-state index is 13.3. The number of aromatic nitrogens is 2. The third-order valence-electron chi connectivity index (χ3n) is 6.71. The fourth-order valence-corrected chi connectivity index (χ4v) is 6.72. The number of nitrogens with one attached hydrogen (secondary N) is 2. The van der Waals surface area contributed by atoms with Gasteiger partial charge < -0.3 is 20.1 Å². The zero-order valence-electron chi connectivity index (χ0n) is 21.6. The molecule has 1 aliphatic carbocycles. The fourth-order valence-electron chi connectivity index (χ4n) is 4.70. The Morgan fingerprint density at radius 2 is 1.90 bits per heavy atom. The first-order chi connectivity index (χ1) is 20.0.